The maximum Gasteiger partial charge on any atom is 0.412 e. The smallest absolute Gasteiger partial charge is 0.412 e. The van der Waals surface area contributed by atoms with Gasteiger partial charge in [-0.3, -0.25) is 5.32 Å². The van der Waals surface area contributed by atoms with Crippen molar-refractivity contribution in [2.75, 3.05) is 25.1 Å². The summed E-state index contributed by atoms with van der Waals surface area (Å²) in [6.45, 7) is 2.10. The number of aliphatic carboxylic acids is 1. The molecular weight excluding hydrogens is 494 g/mol. The number of aliphatic hydroxyl groups excluding tert-OH is 1. The largest absolute Gasteiger partial charge is 0.491 e. The fraction of sp³-hybridized carbons (Fsp3) is 0.333. The van der Waals surface area contributed by atoms with Gasteiger partial charge in [-0.2, -0.15) is 0 Å². The van der Waals surface area contributed by atoms with Gasteiger partial charge in [0, 0.05) is 28.4 Å². The lowest BCUT2D eigenvalue weighted by molar-refractivity contribution is -0.131. The first-order chi connectivity index (χ1) is 15.9. The Balaban J connectivity index is 2.29. The van der Waals surface area contributed by atoms with Gasteiger partial charge in [0.15, 0.2) is 6.10 Å². The second-order valence-electron chi connectivity index (χ2n) is 6.88. The van der Waals surface area contributed by atoms with E-state index in [1.54, 1.807) is 48.5 Å². The molecule has 2 aromatic rings. The lowest BCUT2D eigenvalue weighted by atomic mass is 9.99. The van der Waals surface area contributed by atoms with Crippen molar-refractivity contribution in [2.45, 2.75) is 32.0 Å². The van der Waals surface area contributed by atoms with Crippen LogP contribution in [0.25, 0.3) is 0 Å². The number of benzene rings is 2. The predicted molar refractivity (Wildman–Crippen MR) is 127 cm³/mol. The van der Waals surface area contributed by atoms with Gasteiger partial charge in [-0.25, -0.2) is 9.59 Å². The lowest BCUT2D eigenvalue weighted by Gasteiger charge is -2.28. The van der Waals surface area contributed by atoms with Crippen molar-refractivity contribution in [1.82, 2.24) is 0 Å². The number of rotatable bonds is 13. The molecule has 0 aliphatic heterocycles. The monoisotopic (exact) mass is 521 g/mol. The molecule has 0 spiro atoms. The molecule has 9 heteroatoms. The molecule has 2 atom stereocenters. The normalized spacial score (nSPS) is 12.8. The van der Waals surface area contributed by atoms with Gasteiger partial charge < -0.3 is 24.4 Å². The topological polar surface area (TPSA) is 114 Å². The van der Waals surface area contributed by atoms with Crippen molar-refractivity contribution in [3.05, 3.63) is 70.7 Å². The molecule has 0 saturated heterocycles. The van der Waals surface area contributed by atoms with Gasteiger partial charge in [0.05, 0.1) is 12.7 Å². The summed E-state index contributed by atoms with van der Waals surface area (Å²) in [5, 5.41) is 20.7. The van der Waals surface area contributed by atoms with Crippen LogP contribution in [0.3, 0.4) is 0 Å². The molecule has 0 aliphatic rings. The van der Waals surface area contributed by atoms with Crippen LogP contribution in [0.1, 0.15) is 31.4 Å². The molecule has 0 heterocycles. The number of hydrogen-bond donors (Lipinski definition) is 3. The molecule has 0 radical (unpaired) electrons. The van der Waals surface area contributed by atoms with Gasteiger partial charge in [-0.05, 0) is 50.1 Å². The van der Waals surface area contributed by atoms with Crippen molar-refractivity contribution in [1.29, 1.82) is 0 Å². The number of halogens is 1. The number of nitrogens with one attached hydrogen (secondary N) is 1. The summed E-state index contributed by atoms with van der Waals surface area (Å²) in [6.07, 6.45) is 1.33. The summed E-state index contributed by atoms with van der Waals surface area (Å²) in [6, 6.07) is 14.1. The number of para-hydroxylation sites is 1. The van der Waals surface area contributed by atoms with E-state index in [2.05, 4.69) is 21.2 Å². The summed E-state index contributed by atoms with van der Waals surface area (Å²) >= 11 is 3.35. The zero-order valence-electron chi connectivity index (χ0n) is 18.3. The number of allylic oxidation sites excluding steroid dienone is 1. The minimum Gasteiger partial charge on any atom is -0.491 e. The number of ether oxygens (including phenoxy) is 3. The Morgan fingerprint density at radius 3 is 2.55 bits per heavy atom. The van der Waals surface area contributed by atoms with Gasteiger partial charge in [0.25, 0.3) is 0 Å². The van der Waals surface area contributed by atoms with Crippen LogP contribution < -0.4 is 10.1 Å². The first-order valence-corrected chi connectivity index (χ1v) is 11.3. The van der Waals surface area contributed by atoms with Crippen molar-refractivity contribution in [2.24, 2.45) is 0 Å². The number of carboxylic acid groups (broad SMARTS) is 1. The molecule has 33 heavy (non-hydrogen) atoms. The highest BCUT2D eigenvalue weighted by molar-refractivity contribution is 9.10. The van der Waals surface area contributed by atoms with E-state index in [1.807, 2.05) is 6.92 Å². The third-order valence-corrected chi connectivity index (χ3v) is 5.02. The van der Waals surface area contributed by atoms with Crippen molar-refractivity contribution in [3.63, 3.8) is 0 Å². The molecule has 178 valence electrons. The highest BCUT2D eigenvalue weighted by atomic mass is 79.9. The fourth-order valence-corrected chi connectivity index (χ4v) is 3.38. The van der Waals surface area contributed by atoms with E-state index < -0.39 is 24.3 Å². The summed E-state index contributed by atoms with van der Waals surface area (Å²) in [5.74, 6) is -0.578. The van der Waals surface area contributed by atoms with Crippen LogP contribution >= 0.6 is 15.9 Å². The summed E-state index contributed by atoms with van der Waals surface area (Å²) in [7, 11) is 0. The average molecular weight is 522 g/mol. The summed E-state index contributed by atoms with van der Waals surface area (Å²) < 4.78 is 18.2. The number of aliphatic hydroxyl groups is 1. The number of amides is 1. The molecule has 8 nitrogen and oxygen atoms in total. The Labute approximate surface area is 201 Å². The Morgan fingerprint density at radius 2 is 1.88 bits per heavy atom. The SMILES string of the molecule is CCO[C@H](CC/C=C/C(=O)O)[C@H](OC(=O)Nc1ccc(Br)cc1)c1ccccc1OCCO. The quantitative estimate of drug-likeness (QED) is 0.320. The molecule has 2 aromatic carbocycles. The summed E-state index contributed by atoms with van der Waals surface area (Å²) in [5.41, 5.74) is 1.14. The highest BCUT2D eigenvalue weighted by Gasteiger charge is 2.30. The third kappa shape index (κ3) is 9.25. The second-order valence-corrected chi connectivity index (χ2v) is 7.80. The fourth-order valence-electron chi connectivity index (χ4n) is 3.12. The molecular formula is C24H28BrNO7. The molecule has 1 amide bonds. The van der Waals surface area contributed by atoms with E-state index >= 15 is 0 Å². The lowest BCUT2D eigenvalue weighted by Crippen LogP contribution is -2.29. The van der Waals surface area contributed by atoms with Crippen LogP contribution in [0.2, 0.25) is 0 Å². The van der Waals surface area contributed by atoms with Crippen LogP contribution in [-0.2, 0) is 14.3 Å². The molecule has 0 aromatic heterocycles. The standard InChI is InChI=1S/C24H28BrNO7/c1-2-31-21(9-5-6-10-22(28)29)23(19-7-3-4-8-20(19)32-16-15-27)33-24(30)26-18-13-11-17(25)12-14-18/h3-4,6-8,10-14,21,23,27H,2,5,9,15-16H2,1H3,(H,26,30)(H,28,29)/b10-6+/t21-,23-/m1/s1. The minimum atomic E-state index is -1.03. The molecule has 0 bridgehead atoms. The van der Waals surface area contributed by atoms with Gasteiger partial charge in [0.1, 0.15) is 12.4 Å². The van der Waals surface area contributed by atoms with E-state index in [0.717, 1.165) is 10.5 Å². The van der Waals surface area contributed by atoms with Crippen molar-refractivity contribution < 1.29 is 34.0 Å². The van der Waals surface area contributed by atoms with Crippen LogP contribution in [0.4, 0.5) is 10.5 Å². The van der Waals surface area contributed by atoms with Crippen LogP contribution in [0.15, 0.2) is 65.2 Å². The van der Waals surface area contributed by atoms with Crippen molar-refractivity contribution in [3.8, 4) is 5.75 Å². The molecule has 3 N–H and O–H groups in total. The van der Waals surface area contributed by atoms with Crippen molar-refractivity contribution >= 4 is 33.7 Å². The van der Waals surface area contributed by atoms with E-state index in [0.29, 0.717) is 36.4 Å². The first-order valence-electron chi connectivity index (χ1n) is 10.5. The zero-order chi connectivity index (χ0) is 24.1. The average Bonchev–Trinajstić information content (AvgIpc) is 2.80. The minimum absolute atomic E-state index is 0.0788. The number of carboxylic acids is 1. The summed E-state index contributed by atoms with van der Waals surface area (Å²) in [4.78, 5) is 23.5. The number of hydrogen-bond acceptors (Lipinski definition) is 6. The maximum absolute atomic E-state index is 12.8. The van der Waals surface area contributed by atoms with Gasteiger partial charge in [-0.1, -0.05) is 40.2 Å². The second kappa shape index (κ2) is 14.3. The van der Waals surface area contributed by atoms with Gasteiger partial charge >= 0.3 is 12.1 Å². The molecule has 0 fully saturated rings. The number of carbonyl (C=O) groups excluding carboxylic acids is 1. The van der Waals surface area contributed by atoms with E-state index in [9.17, 15) is 9.59 Å². The van der Waals surface area contributed by atoms with E-state index in [-0.39, 0.29) is 13.2 Å². The maximum atomic E-state index is 12.8. The molecule has 0 aliphatic carbocycles. The third-order valence-electron chi connectivity index (χ3n) is 4.50. The van der Waals surface area contributed by atoms with Crippen LogP contribution in [-0.4, -0.2) is 48.2 Å². The van der Waals surface area contributed by atoms with Crippen LogP contribution in [0.5, 0.6) is 5.75 Å². The predicted octanol–water partition coefficient (Wildman–Crippen LogP) is 4.94. The molecule has 2 rings (SSSR count). The van der Waals surface area contributed by atoms with Crippen LogP contribution in [0, 0.1) is 0 Å². The van der Waals surface area contributed by atoms with Gasteiger partial charge in [0.2, 0.25) is 0 Å². The first kappa shape index (κ1) is 26.4. The highest BCUT2D eigenvalue weighted by Crippen LogP contribution is 2.34. The van der Waals surface area contributed by atoms with E-state index in [4.69, 9.17) is 24.4 Å². The van der Waals surface area contributed by atoms with Gasteiger partial charge in [-0.15, -0.1) is 0 Å². The Morgan fingerprint density at radius 1 is 1.15 bits per heavy atom. The number of carbonyl (C=O) groups is 2. The molecule has 0 saturated carbocycles. The molecule has 0 unspecified atom stereocenters. The van der Waals surface area contributed by atoms with E-state index in [1.165, 1.54) is 6.08 Å². The Kier molecular flexibility index (Phi) is 11.4. The number of anilines is 1. The Bertz CT molecular complexity index is 917. The Hall–Kier alpha value is -2.88. The zero-order valence-corrected chi connectivity index (χ0v) is 19.9.